The van der Waals surface area contributed by atoms with Crippen LogP contribution in [0, 0.1) is 0 Å². The molecule has 0 radical (unpaired) electrons. The van der Waals surface area contributed by atoms with Crippen molar-refractivity contribution in [2.24, 2.45) is 0 Å². The predicted molar refractivity (Wildman–Crippen MR) is 115 cm³/mol. The van der Waals surface area contributed by atoms with Gasteiger partial charge in [0, 0.05) is 27.7 Å². The molecule has 0 aliphatic carbocycles. The highest BCUT2D eigenvalue weighted by Crippen LogP contribution is 2.33. The van der Waals surface area contributed by atoms with Crippen molar-refractivity contribution in [2.45, 2.75) is 25.6 Å². The summed E-state index contributed by atoms with van der Waals surface area (Å²) in [7, 11) is 1.56. The normalized spacial score (nSPS) is 11.9. The van der Waals surface area contributed by atoms with Crippen LogP contribution in [0.15, 0.2) is 36.4 Å². The number of ether oxygens (including phenoxy) is 2. The number of thioether (sulfide) groups is 1. The molecule has 0 bridgehead atoms. The summed E-state index contributed by atoms with van der Waals surface area (Å²) < 4.78 is 11.4. The summed E-state index contributed by atoms with van der Waals surface area (Å²) >= 11 is 14.1. The lowest BCUT2D eigenvalue weighted by molar-refractivity contribution is -0.139. The first-order chi connectivity index (χ1) is 13.5. The Morgan fingerprint density at radius 2 is 1.89 bits per heavy atom. The molecule has 0 amide bonds. The maximum Gasteiger partial charge on any atom is 0.320 e. The second-order valence-corrected chi connectivity index (χ2v) is 7.79. The van der Waals surface area contributed by atoms with Gasteiger partial charge in [0.1, 0.15) is 12.6 Å². The van der Waals surface area contributed by atoms with E-state index in [-0.39, 0.29) is 6.61 Å². The first-order valence-corrected chi connectivity index (χ1v) is 10.8. The molecule has 2 N–H and O–H groups in total. The van der Waals surface area contributed by atoms with Gasteiger partial charge in [-0.05, 0) is 36.6 Å². The lowest BCUT2D eigenvalue weighted by Crippen LogP contribution is -2.36. The largest absolute Gasteiger partial charge is 0.493 e. The first kappa shape index (κ1) is 22.7. The second-order valence-electron chi connectivity index (χ2n) is 5.99. The van der Waals surface area contributed by atoms with Gasteiger partial charge in [0.15, 0.2) is 11.5 Å². The minimum atomic E-state index is -0.873. The lowest BCUT2D eigenvalue weighted by atomic mass is 10.1. The zero-order valence-electron chi connectivity index (χ0n) is 15.7. The predicted octanol–water partition coefficient (Wildman–Crippen LogP) is 4.88. The quantitative estimate of drug-likeness (QED) is 0.515. The van der Waals surface area contributed by atoms with Crippen LogP contribution >= 0.6 is 35.0 Å². The molecule has 0 heterocycles. The van der Waals surface area contributed by atoms with E-state index in [1.54, 1.807) is 43.1 Å². The molecule has 0 aliphatic heterocycles. The van der Waals surface area contributed by atoms with E-state index in [0.717, 1.165) is 11.3 Å². The molecule has 0 spiro atoms. The van der Waals surface area contributed by atoms with Crippen molar-refractivity contribution < 1.29 is 19.4 Å². The average Bonchev–Trinajstić information content (AvgIpc) is 2.67. The molecule has 0 aromatic heterocycles. The number of hydrogen-bond acceptors (Lipinski definition) is 5. The van der Waals surface area contributed by atoms with Gasteiger partial charge in [0.05, 0.1) is 7.11 Å². The highest BCUT2D eigenvalue weighted by molar-refractivity contribution is 7.98. The smallest absolute Gasteiger partial charge is 0.320 e. The summed E-state index contributed by atoms with van der Waals surface area (Å²) in [5.74, 6) is 0.972. The Balaban J connectivity index is 2.18. The first-order valence-electron chi connectivity index (χ1n) is 8.64. The van der Waals surface area contributed by atoms with E-state index in [2.05, 4.69) is 5.32 Å². The molecule has 2 rings (SSSR count). The number of halogens is 2. The molecule has 0 fully saturated rings. The van der Waals surface area contributed by atoms with Gasteiger partial charge in [-0.3, -0.25) is 4.79 Å². The molecule has 28 heavy (non-hydrogen) atoms. The van der Waals surface area contributed by atoms with Gasteiger partial charge in [-0.25, -0.2) is 0 Å². The summed E-state index contributed by atoms with van der Waals surface area (Å²) in [5, 5.41) is 13.5. The fourth-order valence-corrected chi connectivity index (χ4v) is 3.60. The Morgan fingerprint density at radius 3 is 2.50 bits per heavy atom. The Hall–Kier alpha value is -1.60. The number of hydrogen-bond donors (Lipinski definition) is 2. The zero-order valence-corrected chi connectivity index (χ0v) is 18.0. The number of para-hydroxylation sites is 1. The molecule has 0 aliphatic rings. The standard InChI is InChI=1S/C20H23Cl2NO4S/c1-26-18-8-3-5-13(11-23-17(20(24)25)9-10-28-2)19(18)27-12-14-15(21)6-4-7-16(14)22/h3-8,17,23H,9-12H2,1-2H3,(H,24,25). The average molecular weight is 444 g/mol. The third kappa shape index (κ3) is 6.21. The molecule has 1 unspecified atom stereocenters. The molecule has 5 nitrogen and oxygen atoms in total. The Bertz CT molecular complexity index is 784. The minimum absolute atomic E-state index is 0.167. The lowest BCUT2D eigenvalue weighted by Gasteiger charge is -2.18. The number of carboxylic acid groups (broad SMARTS) is 1. The van der Waals surface area contributed by atoms with Crippen molar-refractivity contribution in [3.63, 3.8) is 0 Å². The zero-order chi connectivity index (χ0) is 20.5. The van der Waals surface area contributed by atoms with Crippen molar-refractivity contribution >= 4 is 40.9 Å². The Kier molecular flexibility index (Phi) is 9.25. The van der Waals surface area contributed by atoms with Crippen molar-refractivity contribution in [3.8, 4) is 11.5 Å². The van der Waals surface area contributed by atoms with E-state index < -0.39 is 12.0 Å². The van der Waals surface area contributed by atoms with Crippen LogP contribution in [0.25, 0.3) is 0 Å². The molecular weight excluding hydrogens is 421 g/mol. The summed E-state index contributed by atoms with van der Waals surface area (Å²) in [4.78, 5) is 11.5. The molecule has 0 saturated heterocycles. The van der Waals surface area contributed by atoms with Gasteiger partial charge in [-0.15, -0.1) is 0 Å². The molecule has 2 aromatic carbocycles. The number of rotatable bonds is 11. The van der Waals surface area contributed by atoms with Crippen LogP contribution in [0.2, 0.25) is 10.0 Å². The third-order valence-electron chi connectivity index (χ3n) is 4.15. The summed E-state index contributed by atoms with van der Waals surface area (Å²) in [6.45, 7) is 0.495. The van der Waals surface area contributed by atoms with Gasteiger partial charge in [0.2, 0.25) is 0 Å². The number of benzene rings is 2. The fraction of sp³-hybridized carbons (Fsp3) is 0.350. The second kappa shape index (κ2) is 11.4. The van der Waals surface area contributed by atoms with E-state index >= 15 is 0 Å². The Labute approximate surface area is 179 Å². The third-order valence-corrected chi connectivity index (χ3v) is 5.50. The van der Waals surface area contributed by atoms with Crippen molar-refractivity contribution in [1.82, 2.24) is 5.32 Å². The fourth-order valence-electron chi connectivity index (χ4n) is 2.62. The molecule has 2 aromatic rings. The highest BCUT2D eigenvalue weighted by Gasteiger charge is 2.18. The minimum Gasteiger partial charge on any atom is -0.493 e. The maximum atomic E-state index is 11.5. The molecule has 152 valence electrons. The van der Waals surface area contributed by atoms with Gasteiger partial charge in [-0.1, -0.05) is 41.4 Å². The van der Waals surface area contributed by atoms with Crippen LogP contribution in [0.1, 0.15) is 17.5 Å². The molecule has 0 saturated carbocycles. The highest BCUT2D eigenvalue weighted by atomic mass is 35.5. The summed E-state index contributed by atoms with van der Waals surface area (Å²) in [6.07, 6.45) is 2.48. The Morgan fingerprint density at radius 1 is 1.21 bits per heavy atom. The van der Waals surface area contributed by atoms with Crippen LogP contribution in [0.3, 0.4) is 0 Å². The number of aliphatic carboxylic acids is 1. The molecular formula is C20H23Cl2NO4S. The van der Waals surface area contributed by atoms with Crippen LogP contribution in [-0.4, -0.2) is 36.2 Å². The van der Waals surface area contributed by atoms with E-state index in [1.807, 2.05) is 18.4 Å². The van der Waals surface area contributed by atoms with Gasteiger partial charge < -0.3 is 19.9 Å². The van der Waals surface area contributed by atoms with Crippen molar-refractivity contribution in [2.75, 3.05) is 19.1 Å². The van der Waals surface area contributed by atoms with Crippen LogP contribution < -0.4 is 14.8 Å². The van der Waals surface area contributed by atoms with Gasteiger partial charge in [-0.2, -0.15) is 11.8 Å². The van der Waals surface area contributed by atoms with Crippen LogP contribution in [-0.2, 0) is 17.9 Å². The van der Waals surface area contributed by atoms with Crippen molar-refractivity contribution in [1.29, 1.82) is 0 Å². The van der Waals surface area contributed by atoms with Gasteiger partial charge >= 0.3 is 5.97 Å². The van der Waals surface area contributed by atoms with Crippen LogP contribution in [0.4, 0.5) is 0 Å². The van der Waals surface area contributed by atoms with Crippen LogP contribution in [0.5, 0.6) is 11.5 Å². The molecule has 8 heteroatoms. The number of nitrogens with one attached hydrogen (secondary N) is 1. The van der Waals surface area contributed by atoms with Gasteiger partial charge in [0.25, 0.3) is 0 Å². The monoisotopic (exact) mass is 443 g/mol. The number of carboxylic acids is 1. The molecule has 1 atom stereocenters. The summed E-state index contributed by atoms with van der Waals surface area (Å²) in [5.41, 5.74) is 1.47. The number of methoxy groups -OCH3 is 1. The van der Waals surface area contributed by atoms with Crippen molar-refractivity contribution in [3.05, 3.63) is 57.6 Å². The topological polar surface area (TPSA) is 67.8 Å². The van der Waals surface area contributed by atoms with E-state index in [4.69, 9.17) is 32.7 Å². The maximum absolute atomic E-state index is 11.5. The van der Waals surface area contributed by atoms with E-state index in [0.29, 0.717) is 40.1 Å². The SMILES string of the molecule is COc1cccc(CNC(CCSC)C(=O)O)c1OCc1c(Cl)cccc1Cl. The summed E-state index contributed by atoms with van der Waals surface area (Å²) in [6, 6.07) is 10.1. The van der Waals surface area contributed by atoms with E-state index in [1.165, 1.54) is 0 Å². The number of carbonyl (C=O) groups is 1. The van der Waals surface area contributed by atoms with E-state index in [9.17, 15) is 9.90 Å².